The molecule has 9 nitrogen and oxygen atoms in total. The largest absolute Gasteiger partial charge is 0.389 e. The van der Waals surface area contributed by atoms with Gasteiger partial charge in [0.1, 0.15) is 34.7 Å². The number of carbonyl (C=O) groups excluding carboxylic acids is 1. The number of aliphatic hydroxyl groups is 2. The summed E-state index contributed by atoms with van der Waals surface area (Å²) in [5.41, 5.74) is 4.25. The molecule has 0 unspecified atom stereocenters. The summed E-state index contributed by atoms with van der Waals surface area (Å²) in [7, 11) is 0. The van der Waals surface area contributed by atoms with E-state index in [1.165, 1.54) is 18.1 Å². The third-order valence-electron chi connectivity index (χ3n) is 6.19. The summed E-state index contributed by atoms with van der Waals surface area (Å²) in [6.07, 6.45) is 0.609. The Morgan fingerprint density at radius 3 is 2.72 bits per heavy atom. The van der Waals surface area contributed by atoms with Gasteiger partial charge in [0.2, 0.25) is 5.91 Å². The number of rotatable bonds is 7. The molecule has 1 fully saturated rings. The molecule has 0 bridgehead atoms. The zero-order valence-electron chi connectivity index (χ0n) is 19.4. The third kappa shape index (κ3) is 5.05. The quantitative estimate of drug-likeness (QED) is 0.234. The van der Waals surface area contributed by atoms with Crippen LogP contribution in [-0.2, 0) is 17.9 Å². The number of amides is 1. The van der Waals surface area contributed by atoms with Gasteiger partial charge in [-0.05, 0) is 58.3 Å². The molecule has 36 heavy (non-hydrogen) atoms. The average molecular weight is 616 g/mol. The maximum absolute atomic E-state index is 12.9. The SMILES string of the molecule is Cc1ccccc1CNC(=O)[C@H]1S[C@@H](n2cnc3c(NCc4cccc(I)c4)ncnc32)[C@H](O)[C@@H]1O. The number of halogens is 1. The second-order valence-electron chi connectivity index (χ2n) is 8.60. The molecule has 0 spiro atoms. The Labute approximate surface area is 225 Å². The van der Waals surface area contributed by atoms with Crippen LogP contribution in [0.5, 0.6) is 0 Å². The normalized spacial score (nSPS) is 21.6. The predicted molar refractivity (Wildman–Crippen MR) is 147 cm³/mol. The van der Waals surface area contributed by atoms with Gasteiger partial charge in [0.25, 0.3) is 0 Å². The molecule has 0 aliphatic carbocycles. The number of hydrogen-bond donors (Lipinski definition) is 4. The highest BCUT2D eigenvalue weighted by Gasteiger charge is 2.47. The lowest BCUT2D eigenvalue weighted by atomic mass is 10.1. The highest BCUT2D eigenvalue weighted by molar-refractivity contribution is 14.1. The number of benzene rings is 2. The van der Waals surface area contributed by atoms with Gasteiger partial charge in [-0.1, -0.05) is 36.4 Å². The van der Waals surface area contributed by atoms with Crippen LogP contribution in [-0.4, -0.2) is 53.1 Å². The van der Waals surface area contributed by atoms with E-state index in [9.17, 15) is 15.0 Å². The Kier molecular flexibility index (Phi) is 7.42. The molecule has 0 radical (unpaired) electrons. The lowest BCUT2D eigenvalue weighted by molar-refractivity contribution is -0.123. The maximum Gasteiger partial charge on any atom is 0.236 e. The highest BCUT2D eigenvalue weighted by Crippen LogP contribution is 2.43. The molecule has 1 saturated heterocycles. The smallest absolute Gasteiger partial charge is 0.236 e. The summed E-state index contributed by atoms with van der Waals surface area (Å²) in [5.74, 6) is 0.249. The van der Waals surface area contributed by atoms with Crippen molar-refractivity contribution < 1.29 is 15.0 Å². The Morgan fingerprint density at radius 2 is 1.92 bits per heavy atom. The van der Waals surface area contributed by atoms with E-state index in [2.05, 4.69) is 54.2 Å². The molecule has 5 rings (SSSR count). The molecule has 0 saturated carbocycles. The van der Waals surface area contributed by atoms with E-state index >= 15 is 0 Å². The first-order valence-corrected chi connectivity index (χ1v) is 13.4. The van der Waals surface area contributed by atoms with Crippen LogP contribution in [0.4, 0.5) is 5.82 Å². The van der Waals surface area contributed by atoms with E-state index in [-0.39, 0.29) is 5.91 Å². The van der Waals surface area contributed by atoms with Gasteiger partial charge < -0.3 is 20.8 Å². The van der Waals surface area contributed by atoms with Crippen LogP contribution in [0.25, 0.3) is 11.2 Å². The van der Waals surface area contributed by atoms with Crippen molar-refractivity contribution in [3.8, 4) is 0 Å². The van der Waals surface area contributed by atoms with Crippen molar-refractivity contribution in [2.24, 2.45) is 0 Å². The molecule has 4 atom stereocenters. The number of hydrogen-bond acceptors (Lipinski definition) is 8. The number of aryl methyl sites for hydroxylation is 1. The summed E-state index contributed by atoms with van der Waals surface area (Å²) in [4.78, 5) is 26.1. The van der Waals surface area contributed by atoms with Crippen molar-refractivity contribution in [3.63, 3.8) is 0 Å². The number of thioether (sulfide) groups is 1. The fraction of sp³-hybridized carbons (Fsp3) is 0.280. The third-order valence-corrected chi connectivity index (χ3v) is 8.43. The van der Waals surface area contributed by atoms with Crippen LogP contribution < -0.4 is 10.6 Å². The molecule has 1 aliphatic rings. The number of aromatic nitrogens is 4. The standard InChI is InChI=1S/C25H25IN6O3S/c1-14-5-2-3-7-16(14)11-28-24(35)21-19(33)20(34)25(36-21)32-13-31-18-22(29-12-30-23(18)32)27-10-15-6-4-8-17(26)9-15/h2-9,12-13,19-21,25,33-34H,10-11H2,1H3,(H,28,35)(H,27,29,30)/t19-,20+,21-,25+/m0/s1. The number of aliphatic hydroxyl groups excluding tert-OH is 2. The van der Waals surface area contributed by atoms with Crippen LogP contribution in [0.15, 0.2) is 61.2 Å². The molecule has 2 aromatic heterocycles. The van der Waals surface area contributed by atoms with Gasteiger partial charge in [-0.25, -0.2) is 15.0 Å². The number of nitrogens with one attached hydrogen (secondary N) is 2. The van der Waals surface area contributed by atoms with Crippen LogP contribution >= 0.6 is 34.4 Å². The molecule has 1 aliphatic heterocycles. The molecule has 1 amide bonds. The van der Waals surface area contributed by atoms with Gasteiger partial charge in [0, 0.05) is 16.7 Å². The summed E-state index contributed by atoms with van der Waals surface area (Å²) in [6, 6.07) is 15.9. The zero-order chi connectivity index (χ0) is 25.2. The van der Waals surface area contributed by atoms with Gasteiger partial charge in [0.15, 0.2) is 11.5 Å². The first kappa shape index (κ1) is 24.9. The van der Waals surface area contributed by atoms with Crippen molar-refractivity contribution >= 4 is 57.2 Å². The highest BCUT2D eigenvalue weighted by atomic mass is 127. The van der Waals surface area contributed by atoms with Crippen molar-refractivity contribution in [1.82, 2.24) is 24.8 Å². The Morgan fingerprint density at radius 1 is 1.08 bits per heavy atom. The Balaban J connectivity index is 1.31. The first-order chi connectivity index (χ1) is 17.4. The lowest BCUT2D eigenvalue weighted by Crippen LogP contribution is -2.41. The maximum atomic E-state index is 12.9. The van der Waals surface area contributed by atoms with E-state index in [0.717, 1.165) is 20.3 Å². The molecule has 4 N–H and O–H groups in total. The molecule has 3 heterocycles. The van der Waals surface area contributed by atoms with Gasteiger partial charge >= 0.3 is 0 Å². The van der Waals surface area contributed by atoms with E-state index in [1.54, 1.807) is 10.9 Å². The number of imidazole rings is 1. The van der Waals surface area contributed by atoms with E-state index in [0.29, 0.717) is 30.1 Å². The zero-order valence-corrected chi connectivity index (χ0v) is 22.3. The van der Waals surface area contributed by atoms with Gasteiger partial charge in [-0.2, -0.15) is 0 Å². The molecule has 186 valence electrons. The Bertz CT molecular complexity index is 1400. The lowest BCUT2D eigenvalue weighted by Gasteiger charge is -2.17. The van der Waals surface area contributed by atoms with Crippen LogP contribution in [0.2, 0.25) is 0 Å². The van der Waals surface area contributed by atoms with Crippen molar-refractivity contribution in [3.05, 3.63) is 81.4 Å². The molecule has 4 aromatic rings. The predicted octanol–water partition coefficient (Wildman–Crippen LogP) is 3.00. The molecule has 11 heteroatoms. The monoisotopic (exact) mass is 616 g/mol. The van der Waals surface area contributed by atoms with Crippen LogP contribution in [0.1, 0.15) is 22.1 Å². The Hall–Kier alpha value is -2.74. The summed E-state index contributed by atoms with van der Waals surface area (Å²) < 4.78 is 2.84. The van der Waals surface area contributed by atoms with Crippen molar-refractivity contribution in [2.45, 2.75) is 42.8 Å². The van der Waals surface area contributed by atoms with Crippen LogP contribution in [0.3, 0.4) is 0 Å². The minimum atomic E-state index is -1.23. The topological polar surface area (TPSA) is 125 Å². The van der Waals surface area contributed by atoms with Crippen molar-refractivity contribution in [2.75, 3.05) is 5.32 Å². The number of nitrogens with zero attached hydrogens (tertiary/aromatic N) is 4. The second kappa shape index (κ2) is 10.7. The molecular weight excluding hydrogens is 591 g/mol. The van der Waals surface area contributed by atoms with E-state index < -0.39 is 22.8 Å². The van der Waals surface area contributed by atoms with Crippen molar-refractivity contribution in [1.29, 1.82) is 0 Å². The average Bonchev–Trinajstić information content (AvgIpc) is 3.43. The van der Waals surface area contributed by atoms with Crippen LogP contribution in [0, 0.1) is 10.5 Å². The summed E-state index contributed by atoms with van der Waals surface area (Å²) >= 11 is 3.47. The second-order valence-corrected chi connectivity index (χ2v) is 11.1. The van der Waals surface area contributed by atoms with Gasteiger partial charge in [-0.15, -0.1) is 11.8 Å². The van der Waals surface area contributed by atoms with Gasteiger partial charge in [-0.3, -0.25) is 9.36 Å². The fourth-order valence-corrected chi connectivity index (χ4v) is 6.24. The number of carbonyl (C=O) groups is 1. The summed E-state index contributed by atoms with van der Waals surface area (Å²) in [5, 5.41) is 26.3. The number of anilines is 1. The minimum Gasteiger partial charge on any atom is -0.389 e. The fourth-order valence-electron chi connectivity index (χ4n) is 4.20. The van der Waals surface area contributed by atoms with E-state index in [1.807, 2.05) is 49.4 Å². The summed E-state index contributed by atoms with van der Waals surface area (Å²) in [6.45, 7) is 2.90. The molecular formula is C25H25IN6O3S. The molecule has 2 aromatic carbocycles. The van der Waals surface area contributed by atoms with E-state index in [4.69, 9.17) is 0 Å². The number of fused-ring (bicyclic) bond motifs is 1. The minimum absolute atomic E-state index is 0.323. The van der Waals surface area contributed by atoms with Gasteiger partial charge in [0.05, 0.1) is 6.33 Å². The first-order valence-electron chi connectivity index (χ1n) is 11.4.